The molecule has 1 aromatic carbocycles. The molecule has 0 unspecified atom stereocenters. The van der Waals surface area contributed by atoms with Crippen LogP contribution in [0.3, 0.4) is 0 Å². The minimum atomic E-state index is -1.16. The molecule has 2 amide bonds. The van der Waals surface area contributed by atoms with E-state index in [1.165, 1.54) is 6.92 Å². The topological polar surface area (TPSA) is 93.1 Å². The second-order valence-corrected chi connectivity index (χ2v) is 7.10. The van der Waals surface area contributed by atoms with E-state index in [1.807, 2.05) is 30.3 Å². The van der Waals surface area contributed by atoms with Gasteiger partial charge in [-0.1, -0.05) is 30.3 Å². The molecule has 7 nitrogen and oxygen atoms in total. The van der Waals surface area contributed by atoms with Gasteiger partial charge in [0.25, 0.3) is 0 Å². The molecular formula is C19H27NO6. The van der Waals surface area contributed by atoms with Crippen LogP contribution in [0, 0.1) is 5.92 Å². The second-order valence-electron chi connectivity index (χ2n) is 7.10. The molecule has 0 heterocycles. The van der Waals surface area contributed by atoms with Gasteiger partial charge < -0.3 is 14.6 Å². The lowest BCUT2D eigenvalue weighted by Crippen LogP contribution is -2.50. The van der Waals surface area contributed by atoms with Gasteiger partial charge in [0, 0.05) is 0 Å². The summed E-state index contributed by atoms with van der Waals surface area (Å²) in [5, 5.41) is 9.60. The lowest BCUT2D eigenvalue weighted by Gasteiger charge is -2.32. The quantitative estimate of drug-likeness (QED) is 0.712. The molecule has 3 atom stereocenters. The third-order valence-corrected chi connectivity index (χ3v) is 3.82. The van der Waals surface area contributed by atoms with Gasteiger partial charge in [-0.25, -0.2) is 9.69 Å². The number of carboxylic acid groups (broad SMARTS) is 1. The Morgan fingerprint density at radius 3 is 2.23 bits per heavy atom. The Hall–Kier alpha value is -2.41. The molecule has 7 heteroatoms. The van der Waals surface area contributed by atoms with Crippen LogP contribution in [0.25, 0.3) is 0 Å². The van der Waals surface area contributed by atoms with Gasteiger partial charge in [0.15, 0.2) is 0 Å². The van der Waals surface area contributed by atoms with E-state index in [9.17, 15) is 19.5 Å². The van der Waals surface area contributed by atoms with Crippen molar-refractivity contribution in [2.75, 3.05) is 0 Å². The van der Waals surface area contributed by atoms with Crippen LogP contribution in [-0.2, 0) is 25.7 Å². The summed E-state index contributed by atoms with van der Waals surface area (Å²) in [5.74, 6) is -2.26. The fourth-order valence-corrected chi connectivity index (χ4v) is 2.50. The minimum absolute atomic E-state index is 0.228. The zero-order chi connectivity index (χ0) is 19.9. The van der Waals surface area contributed by atoms with Gasteiger partial charge in [-0.3, -0.25) is 9.59 Å². The summed E-state index contributed by atoms with van der Waals surface area (Å²) in [6.07, 6.45) is -1.33. The summed E-state index contributed by atoms with van der Waals surface area (Å²) < 4.78 is 10.8. The molecule has 0 aliphatic heterocycles. The molecule has 0 aliphatic carbocycles. The van der Waals surface area contributed by atoms with Crippen LogP contribution < -0.4 is 0 Å². The standard InChI is InChI=1S/C19H27NO6/c1-13(20(12-21)18(24)26-19(3,4)5)16(17(22)23)14(2)25-11-15-9-7-6-8-10-15/h6-10,12-14,16H,11H2,1-5H3,(H,22,23)/t13-,14-,16-/m1/s1. The summed E-state index contributed by atoms with van der Waals surface area (Å²) in [4.78, 5) is 36.1. The normalized spacial score (nSPS) is 14.8. The third kappa shape index (κ3) is 6.48. The fourth-order valence-electron chi connectivity index (χ4n) is 2.50. The molecule has 0 radical (unpaired) electrons. The Balaban J connectivity index is 2.86. The lowest BCUT2D eigenvalue weighted by molar-refractivity contribution is -0.151. The number of hydrogen-bond acceptors (Lipinski definition) is 5. The van der Waals surface area contributed by atoms with Crippen LogP contribution in [0.4, 0.5) is 4.79 Å². The average Bonchev–Trinajstić information content (AvgIpc) is 2.52. The Bertz CT molecular complexity index is 610. The number of amides is 2. The molecule has 0 fully saturated rings. The number of ether oxygens (including phenoxy) is 2. The van der Waals surface area contributed by atoms with Crippen molar-refractivity contribution in [2.24, 2.45) is 5.92 Å². The zero-order valence-electron chi connectivity index (χ0n) is 15.8. The maximum atomic E-state index is 12.2. The number of hydrogen-bond donors (Lipinski definition) is 1. The highest BCUT2D eigenvalue weighted by Crippen LogP contribution is 2.21. The summed E-state index contributed by atoms with van der Waals surface area (Å²) in [5.41, 5.74) is 0.0992. The summed E-state index contributed by atoms with van der Waals surface area (Å²) in [7, 11) is 0. The van der Waals surface area contributed by atoms with E-state index in [0.717, 1.165) is 10.5 Å². The predicted octanol–water partition coefficient (Wildman–Crippen LogP) is 3.07. The Kier molecular flexibility index (Phi) is 7.76. The molecule has 0 aromatic heterocycles. The largest absolute Gasteiger partial charge is 0.481 e. The minimum Gasteiger partial charge on any atom is -0.481 e. The second kappa shape index (κ2) is 9.33. The number of benzene rings is 1. The average molecular weight is 365 g/mol. The summed E-state index contributed by atoms with van der Waals surface area (Å²) in [6.45, 7) is 8.32. The van der Waals surface area contributed by atoms with Crippen LogP contribution in [0.5, 0.6) is 0 Å². The molecule has 1 N–H and O–H groups in total. The molecular weight excluding hydrogens is 338 g/mol. The van der Waals surface area contributed by atoms with Crippen LogP contribution >= 0.6 is 0 Å². The van der Waals surface area contributed by atoms with Gasteiger partial charge in [-0.05, 0) is 40.2 Å². The Morgan fingerprint density at radius 1 is 1.19 bits per heavy atom. The molecule has 0 aliphatic rings. The number of imide groups is 1. The van der Waals surface area contributed by atoms with Gasteiger partial charge in [0.2, 0.25) is 6.41 Å². The monoisotopic (exact) mass is 365 g/mol. The molecule has 0 saturated heterocycles. The zero-order valence-corrected chi connectivity index (χ0v) is 15.8. The molecule has 1 rings (SSSR count). The molecule has 26 heavy (non-hydrogen) atoms. The van der Waals surface area contributed by atoms with Crippen LogP contribution in [0.1, 0.15) is 40.2 Å². The molecule has 1 aromatic rings. The molecule has 144 valence electrons. The van der Waals surface area contributed by atoms with Gasteiger partial charge in [0.1, 0.15) is 11.5 Å². The van der Waals surface area contributed by atoms with Gasteiger partial charge in [-0.2, -0.15) is 0 Å². The summed E-state index contributed by atoms with van der Waals surface area (Å²) >= 11 is 0. The smallest absolute Gasteiger partial charge is 0.417 e. The number of carbonyl (C=O) groups excluding carboxylic acids is 2. The van der Waals surface area contributed by atoms with Crippen molar-refractivity contribution >= 4 is 18.5 Å². The first-order valence-electron chi connectivity index (χ1n) is 8.41. The van der Waals surface area contributed by atoms with E-state index in [-0.39, 0.29) is 6.61 Å². The molecule has 0 bridgehead atoms. The number of rotatable bonds is 8. The van der Waals surface area contributed by atoms with Crippen molar-refractivity contribution in [3.8, 4) is 0 Å². The van der Waals surface area contributed by atoms with Crippen molar-refractivity contribution in [3.63, 3.8) is 0 Å². The number of carbonyl (C=O) groups is 3. The van der Waals surface area contributed by atoms with E-state index in [2.05, 4.69) is 0 Å². The van der Waals surface area contributed by atoms with Crippen molar-refractivity contribution in [1.82, 2.24) is 4.90 Å². The highest BCUT2D eigenvalue weighted by atomic mass is 16.6. The molecule has 0 spiro atoms. The van der Waals surface area contributed by atoms with Crippen molar-refractivity contribution in [3.05, 3.63) is 35.9 Å². The lowest BCUT2D eigenvalue weighted by atomic mass is 9.94. The van der Waals surface area contributed by atoms with Crippen molar-refractivity contribution in [1.29, 1.82) is 0 Å². The maximum absolute atomic E-state index is 12.2. The Labute approximate surface area is 153 Å². The van der Waals surface area contributed by atoms with E-state index in [1.54, 1.807) is 27.7 Å². The highest BCUT2D eigenvalue weighted by Gasteiger charge is 2.38. The first-order chi connectivity index (χ1) is 12.1. The molecule has 0 saturated carbocycles. The highest BCUT2D eigenvalue weighted by molar-refractivity contribution is 5.82. The summed E-state index contributed by atoms with van der Waals surface area (Å²) in [6, 6.07) is 8.38. The van der Waals surface area contributed by atoms with Gasteiger partial charge in [0.05, 0.1) is 18.8 Å². The van der Waals surface area contributed by atoms with E-state index in [0.29, 0.717) is 6.41 Å². The first-order valence-corrected chi connectivity index (χ1v) is 8.41. The van der Waals surface area contributed by atoms with Gasteiger partial charge >= 0.3 is 12.1 Å². The first kappa shape index (κ1) is 21.6. The van der Waals surface area contributed by atoms with E-state index in [4.69, 9.17) is 9.47 Å². The van der Waals surface area contributed by atoms with Crippen molar-refractivity contribution in [2.45, 2.75) is 59.0 Å². The van der Waals surface area contributed by atoms with E-state index < -0.39 is 35.7 Å². The fraction of sp³-hybridized carbons (Fsp3) is 0.526. The number of carboxylic acids is 1. The van der Waals surface area contributed by atoms with Crippen LogP contribution in [0.15, 0.2) is 30.3 Å². The predicted molar refractivity (Wildman–Crippen MR) is 95.4 cm³/mol. The van der Waals surface area contributed by atoms with E-state index >= 15 is 0 Å². The third-order valence-electron chi connectivity index (χ3n) is 3.82. The van der Waals surface area contributed by atoms with Gasteiger partial charge in [-0.15, -0.1) is 0 Å². The van der Waals surface area contributed by atoms with Crippen LogP contribution in [-0.4, -0.2) is 46.2 Å². The number of nitrogens with zero attached hydrogens (tertiary/aromatic N) is 1. The van der Waals surface area contributed by atoms with Crippen LogP contribution in [0.2, 0.25) is 0 Å². The maximum Gasteiger partial charge on any atom is 0.417 e. The SMILES string of the molecule is C[C@H]([C@@H](C(=O)O)[C@@H](C)OCc1ccccc1)N(C=O)C(=O)OC(C)(C)C. The Morgan fingerprint density at radius 2 is 1.77 bits per heavy atom. The number of aliphatic carboxylic acids is 1. The van der Waals surface area contributed by atoms with Crippen molar-refractivity contribution < 1.29 is 29.0 Å².